The molecular formula is C11H18N6O. The molecule has 0 aliphatic rings. The third-order valence-corrected chi connectivity index (χ3v) is 2.80. The predicted octanol–water partition coefficient (Wildman–Crippen LogP) is 0.273. The van der Waals surface area contributed by atoms with Crippen LogP contribution >= 0.6 is 0 Å². The van der Waals surface area contributed by atoms with Crippen LogP contribution in [0.4, 0.5) is 0 Å². The maximum Gasteiger partial charge on any atom is 0.138 e. The molecule has 2 aromatic heterocycles. The lowest BCUT2D eigenvalue weighted by Gasteiger charge is -2.10. The number of hydrogen-bond donors (Lipinski definition) is 1. The Labute approximate surface area is 105 Å². The van der Waals surface area contributed by atoms with Crippen molar-refractivity contribution in [3.63, 3.8) is 0 Å². The van der Waals surface area contributed by atoms with Gasteiger partial charge in [-0.3, -0.25) is 4.68 Å². The van der Waals surface area contributed by atoms with E-state index < -0.39 is 0 Å². The molecule has 0 aromatic carbocycles. The fourth-order valence-corrected chi connectivity index (χ4v) is 1.71. The van der Waals surface area contributed by atoms with Gasteiger partial charge in [-0.15, -0.1) is 0 Å². The van der Waals surface area contributed by atoms with Gasteiger partial charge in [0.25, 0.3) is 0 Å². The van der Waals surface area contributed by atoms with E-state index >= 15 is 0 Å². The summed E-state index contributed by atoms with van der Waals surface area (Å²) in [5.74, 6) is 0.905. The summed E-state index contributed by atoms with van der Waals surface area (Å²) in [5, 5.41) is 17.8. The largest absolute Gasteiger partial charge is 0.391 e. The zero-order chi connectivity index (χ0) is 12.8. The molecule has 0 spiro atoms. The Morgan fingerprint density at radius 1 is 1.33 bits per heavy atom. The molecule has 0 saturated carbocycles. The van der Waals surface area contributed by atoms with E-state index in [9.17, 15) is 5.11 Å². The third-order valence-electron chi connectivity index (χ3n) is 2.80. The van der Waals surface area contributed by atoms with Crippen molar-refractivity contribution >= 4 is 0 Å². The maximum absolute atomic E-state index is 9.62. The number of hydrogen-bond acceptors (Lipinski definition) is 5. The molecule has 0 bridgehead atoms. The van der Waals surface area contributed by atoms with Crippen LogP contribution in [0.25, 0.3) is 0 Å². The van der Waals surface area contributed by atoms with E-state index in [1.54, 1.807) is 15.7 Å². The topological polar surface area (TPSA) is 81.6 Å². The van der Waals surface area contributed by atoms with E-state index in [2.05, 4.69) is 20.2 Å². The van der Waals surface area contributed by atoms with E-state index in [0.29, 0.717) is 6.54 Å². The molecule has 1 atom stereocenters. The van der Waals surface area contributed by atoms with Gasteiger partial charge in [-0.05, 0) is 12.8 Å². The summed E-state index contributed by atoms with van der Waals surface area (Å²) in [6, 6.07) is 0. The fraction of sp³-hybridized carbons (Fsp3) is 0.636. The van der Waals surface area contributed by atoms with E-state index in [1.807, 2.05) is 6.92 Å². The van der Waals surface area contributed by atoms with Crippen LogP contribution in [0.5, 0.6) is 0 Å². The summed E-state index contributed by atoms with van der Waals surface area (Å²) in [4.78, 5) is 8.11. The Morgan fingerprint density at radius 2 is 2.22 bits per heavy atom. The van der Waals surface area contributed by atoms with Crippen LogP contribution in [0, 0.1) is 0 Å². The Hall–Kier alpha value is -1.76. The molecule has 2 rings (SSSR count). The molecule has 98 valence electrons. The summed E-state index contributed by atoms with van der Waals surface area (Å²) in [7, 11) is 0. The first-order valence-corrected chi connectivity index (χ1v) is 6.16. The first kappa shape index (κ1) is 12.7. The molecule has 18 heavy (non-hydrogen) atoms. The van der Waals surface area contributed by atoms with Crippen LogP contribution in [0.15, 0.2) is 19.0 Å². The average Bonchev–Trinajstić information content (AvgIpc) is 3.01. The lowest BCUT2D eigenvalue weighted by molar-refractivity contribution is 0.143. The van der Waals surface area contributed by atoms with E-state index in [4.69, 9.17) is 0 Å². The Kier molecular flexibility index (Phi) is 4.40. The van der Waals surface area contributed by atoms with Crippen LogP contribution in [0.1, 0.15) is 25.6 Å². The van der Waals surface area contributed by atoms with Gasteiger partial charge in [0.2, 0.25) is 0 Å². The molecule has 7 heteroatoms. The Bertz CT molecular complexity index is 452. The van der Waals surface area contributed by atoms with Crippen molar-refractivity contribution in [2.75, 3.05) is 0 Å². The number of rotatable bonds is 7. The van der Waals surface area contributed by atoms with Crippen LogP contribution in [-0.2, 0) is 19.5 Å². The van der Waals surface area contributed by atoms with Gasteiger partial charge >= 0.3 is 0 Å². The van der Waals surface area contributed by atoms with Crippen LogP contribution < -0.4 is 0 Å². The quantitative estimate of drug-likeness (QED) is 0.763. The first-order valence-electron chi connectivity index (χ1n) is 6.16. The van der Waals surface area contributed by atoms with Crippen LogP contribution in [0.2, 0.25) is 0 Å². The lowest BCUT2D eigenvalue weighted by Crippen LogP contribution is -2.18. The van der Waals surface area contributed by atoms with Gasteiger partial charge in [-0.25, -0.2) is 14.6 Å². The molecule has 0 fully saturated rings. The molecular weight excluding hydrogens is 232 g/mol. The molecule has 0 amide bonds. The summed E-state index contributed by atoms with van der Waals surface area (Å²) >= 11 is 0. The summed E-state index contributed by atoms with van der Waals surface area (Å²) in [6.45, 7) is 3.27. The summed E-state index contributed by atoms with van der Waals surface area (Å²) in [6.07, 6.45) is 6.86. The maximum atomic E-state index is 9.62. The van der Waals surface area contributed by atoms with Crippen molar-refractivity contribution < 1.29 is 5.11 Å². The van der Waals surface area contributed by atoms with Gasteiger partial charge in [0.15, 0.2) is 0 Å². The molecule has 2 heterocycles. The molecule has 7 nitrogen and oxygen atoms in total. The van der Waals surface area contributed by atoms with Gasteiger partial charge in [0, 0.05) is 13.0 Å². The number of aryl methyl sites for hydroxylation is 2. The highest BCUT2D eigenvalue weighted by atomic mass is 16.3. The zero-order valence-electron chi connectivity index (χ0n) is 10.5. The van der Waals surface area contributed by atoms with Gasteiger partial charge in [-0.2, -0.15) is 10.2 Å². The van der Waals surface area contributed by atoms with Crippen molar-refractivity contribution in [1.82, 2.24) is 29.5 Å². The minimum Gasteiger partial charge on any atom is -0.391 e. The van der Waals surface area contributed by atoms with E-state index in [1.165, 1.54) is 12.7 Å². The van der Waals surface area contributed by atoms with Crippen molar-refractivity contribution in [2.24, 2.45) is 0 Å². The highest BCUT2D eigenvalue weighted by Gasteiger charge is 2.08. The normalized spacial score (nSPS) is 12.8. The van der Waals surface area contributed by atoms with Gasteiger partial charge < -0.3 is 5.11 Å². The molecule has 1 N–H and O–H groups in total. The minimum atomic E-state index is -0.360. The van der Waals surface area contributed by atoms with Crippen molar-refractivity contribution in [3.8, 4) is 0 Å². The predicted molar refractivity (Wildman–Crippen MR) is 64.7 cm³/mol. The second-order valence-corrected chi connectivity index (χ2v) is 4.18. The van der Waals surface area contributed by atoms with E-state index in [0.717, 1.165) is 31.6 Å². The molecule has 2 aromatic rings. The molecule has 0 aliphatic heterocycles. The van der Waals surface area contributed by atoms with Crippen LogP contribution in [-0.4, -0.2) is 40.7 Å². The van der Waals surface area contributed by atoms with Crippen molar-refractivity contribution in [3.05, 3.63) is 24.8 Å². The average molecular weight is 250 g/mol. The van der Waals surface area contributed by atoms with Gasteiger partial charge in [0.1, 0.15) is 24.8 Å². The van der Waals surface area contributed by atoms with Gasteiger partial charge in [-0.1, -0.05) is 6.92 Å². The monoisotopic (exact) mass is 250 g/mol. The molecule has 0 aliphatic carbocycles. The number of aliphatic hydroxyl groups is 1. The summed E-state index contributed by atoms with van der Waals surface area (Å²) < 4.78 is 3.57. The first-order chi connectivity index (χ1) is 8.79. The number of aliphatic hydroxyl groups excluding tert-OH is 1. The van der Waals surface area contributed by atoms with E-state index in [-0.39, 0.29) is 6.10 Å². The SMILES string of the molecule is CC[C@@H](O)Cn1ncnc1CCCn1cncn1. The fourth-order valence-electron chi connectivity index (χ4n) is 1.71. The molecule has 0 saturated heterocycles. The zero-order valence-corrected chi connectivity index (χ0v) is 10.5. The second kappa shape index (κ2) is 6.25. The van der Waals surface area contributed by atoms with Crippen LogP contribution in [0.3, 0.4) is 0 Å². The third kappa shape index (κ3) is 3.36. The lowest BCUT2D eigenvalue weighted by atomic mass is 10.2. The second-order valence-electron chi connectivity index (χ2n) is 4.18. The van der Waals surface area contributed by atoms with Gasteiger partial charge in [0.05, 0.1) is 12.6 Å². The van der Waals surface area contributed by atoms with Crippen molar-refractivity contribution in [1.29, 1.82) is 0 Å². The molecule has 0 radical (unpaired) electrons. The highest BCUT2D eigenvalue weighted by molar-refractivity contribution is 4.85. The van der Waals surface area contributed by atoms with Crippen molar-refractivity contribution in [2.45, 2.75) is 45.4 Å². The Balaban J connectivity index is 1.83. The Morgan fingerprint density at radius 3 is 2.94 bits per heavy atom. The highest BCUT2D eigenvalue weighted by Crippen LogP contribution is 2.03. The smallest absolute Gasteiger partial charge is 0.138 e. The minimum absolute atomic E-state index is 0.360. The molecule has 0 unspecified atom stereocenters. The summed E-state index contributed by atoms with van der Waals surface area (Å²) in [5.41, 5.74) is 0. The standard InChI is InChI=1S/C11H18N6O/c1-2-10(18)6-17-11(13-8-15-17)4-3-5-16-9-12-7-14-16/h7-10,18H,2-6H2,1H3/t10-/m1/s1. The number of nitrogens with zero attached hydrogens (tertiary/aromatic N) is 6. The number of aromatic nitrogens is 6.